The van der Waals surface area contributed by atoms with Crippen LogP contribution in [0.3, 0.4) is 0 Å². The fraction of sp³-hybridized carbons (Fsp3) is 0.176. The first-order chi connectivity index (χ1) is 9.83. The van der Waals surface area contributed by atoms with Gasteiger partial charge >= 0.3 is 0 Å². The van der Waals surface area contributed by atoms with Gasteiger partial charge in [0.1, 0.15) is 6.61 Å². The van der Waals surface area contributed by atoms with Crippen LogP contribution in [0.1, 0.15) is 11.1 Å². The monoisotopic (exact) mass is 270 g/mol. The van der Waals surface area contributed by atoms with Gasteiger partial charge in [-0.15, -0.1) is 0 Å². The molecule has 2 aromatic carbocycles. The summed E-state index contributed by atoms with van der Waals surface area (Å²) >= 11 is 0. The molecule has 0 aliphatic carbocycles. The molecule has 0 saturated carbocycles. The maximum atomic E-state index is 5.79. The summed E-state index contributed by atoms with van der Waals surface area (Å²) in [5.74, 6) is 1.44. The number of rotatable bonds is 6. The van der Waals surface area contributed by atoms with Gasteiger partial charge in [0, 0.05) is 0 Å². The predicted octanol–water partition coefficient (Wildman–Crippen LogP) is 3.89. The lowest BCUT2D eigenvalue weighted by Crippen LogP contribution is -1.97. The minimum Gasteiger partial charge on any atom is -0.504 e. The van der Waals surface area contributed by atoms with Crippen LogP contribution < -0.4 is 9.47 Å². The molecule has 0 aromatic heterocycles. The Morgan fingerprint density at radius 2 is 1.75 bits per heavy atom. The summed E-state index contributed by atoms with van der Waals surface area (Å²) < 4.78 is 16.1. The van der Waals surface area contributed by atoms with E-state index in [1.807, 2.05) is 54.6 Å². The van der Waals surface area contributed by atoms with Crippen molar-refractivity contribution in [2.24, 2.45) is 0 Å². The highest BCUT2D eigenvalue weighted by Crippen LogP contribution is 2.29. The highest BCUT2D eigenvalue weighted by atomic mass is 16.5. The van der Waals surface area contributed by atoms with Crippen molar-refractivity contribution >= 4 is 6.08 Å². The van der Waals surface area contributed by atoms with Crippen LogP contribution in [0.15, 0.2) is 54.8 Å². The fourth-order valence-corrected chi connectivity index (χ4v) is 1.79. The molecule has 2 aromatic rings. The summed E-state index contributed by atoms with van der Waals surface area (Å²) in [6.07, 6.45) is 3.49. The summed E-state index contributed by atoms with van der Waals surface area (Å²) in [6, 6.07) is 15.8. The molecule has 3 nitrogen and oxygen atoms in total. The van der Waals surface area contributed by atoms with E-state index >= 15 is 0 Å². The van der Waals surface area contributed by atoms with Crippen LogP contribution in [0.2, 0.25) is 0 Å². The van der Waals surface area contributed by atoms with E-state index in [9.17, 15) is 0 Å². The van der Waals surface area contributed by atoms with Crippen molar-refractivity contribution in [1.29, 1.82) is 0 Å². The lowest BCUT2D eigenvalue weighted by atomic mass is 10.2. The molecule has 0 unspecified atom stereocenters. The largest absolute Gasteiger partial charge is 0.504 e. The van der Waals surface area contributed by atoms with E-state index in [1.54, 1.807) is 20.5 Å². The Morgan fingerprint density at radius 3 is 2.45 bits per heavy atom. The van der Waals surface area contributed by atoms with Crippen LogP contribution in [0, 0.1) is 0 Å². The van der Waals surface area contributed by atoms with Crippen molar-refractivity contribution in [2.45, 2.75) is 6.61 Å². The summed E-state index contributed by atoms with van der Waals surface area (Å²) in [5, 5.41) is 0. The van der Waals surface area contributed by atoms with Crippen molar-refractivity contribution in [3.05, 3.63) is 65.9 Å². The Labute approximate surface area is 119 Å². The van der Waals surface area contributed by atoms with Gasteiger partial charge in [-0.2, -0.15) is 0 Å². The Bertz CT molecular complexity index is 562. The standard InChI is InChI=1S/C17H18O3/c1-18-11-10-14-8-9-16(17(12-14)19-2)20-13-15-6-4-3-5-7-15/h3-12H,13H2,1-2H3. The SMILES string of the molecule is COC=Cc1ccc(OCc2ccccc2)c(OC)c1. The van der Waals surface area contributed by atoms with Gasteiger partial charge in [-0.3, -0.25) is 0 Å². The van der Waals surface area contributed by atoms with Crippen LogP contribution in [0.4, 0.5) is 0 Å². The van der Waals surface area contributed by atoms with Crippen LogP contribution in [0.25, 0.3) is 6.08 Å². The van der Waals surface area contributed by atoms with Gasteiger partial charge in [0.15, 0.2) is 11.5 Å². The average molecular weight is 270 g/mol. The Hall–Kier alpha value is -2.42. The molecular formula is C17H18O3. The molecule has 2 rings (SSSR count). The summed E-state index contributed by atoms with van der Waals surface area (Å²) in [7, 11) is 3.25. The van der Waals surface area contributed by atoms with Crippen LogP contribution in [0.5, 0.6) is 11.5 Å². The number of methoxy groups -OCH3 is 2. The highest BCUT2D eigenvalue weighted by molar-refractivity contribution is 5.55. The van der Waals surface area contributed by atoms with Crippen molar-refractivity contribution in [1.82, 2.24) is 0 Å². The normalized spacial score (nSPS) is 10.5. The molecule has 20 heavy (non-hydrogen) atoms. The van der Waals surface area contributed by atoms with Crippen molar-refractivity contribution in [2.75, 3.05) is 14.2 Å². The first-order valence-corrected chi connectivity index (χ1v) is 6.37. The average Bonchev–Trinajstić information content (AvgIpc) is 2.52. The van der Waals surface area contributed by atoms with Gasteiger partial charge in [0.25, 0.3) is 0 Å². The molecule has 0 atom stereocenters. The van der Waals surface area contributed by atoms with Gasteiger partial charge < -0.3 is 14.2 Å². The molecule has 0 radical (unpaired) electrons. The number of benzene rings is 2. The zero-order valence-corrected chi connectivity index (χ0v) is 11.7. The van der Waals surface area contributed by atoms with Crippen molar-refractivity contribution in [3.63, 3.8) is 0 Å². The van der Waals surface area contributed by atoms with Gasteiger partial charge in [-0.1, -0.05) is 36.4 Å². The van der Waals surface area contributed by atoms with Crippen molar-refractivity contribution in [3.8, 4) is 11.5 Å². The third-order valence-electron chi connectivity index (χ3n) is 2.82. The molecule has 0 aliphatic heterocycles. The summed E-state index contributed by atoms with van der Waals surface area (Å²) in [5.41, 5.74) is 2.12. The maximum absolute atomic E-state index is 5.79. The number of hydrogen-bond acceptors (Lipinski definition) is 3. The van der Waals surface area contributed by atoms with Crippen LogP contribution in [-0.2, 0) is 11.3 Å². The molecule has 0 bridgehead atoms. The molecule has 0 amide bonds. The van der Waals surface area contributed by atoms with E-state index in [-0.39, 0.29) is 0 Å². The fourth-order valence-electron chi connectivity index (χ4n) is 1.79. The quantitative estimate of drug-likeness (QED) is 0.745. The molecule has 0 N–H and O–H groups in total. The minimum atomic E-state index is 0.518. The van der Waals surface area contributed by atoms with E-state index < -0.39 is 0 Å². The van der Waals surface area contributed by atoms with E-state index in [4.69, 9.17) is 14.2 Å². The maximum Gasteiger partial charge on any atom is 0.161 e. The first kappa shape index (κ1) is 14.0. The summed E-state index contributed by atoms with van der Waals surface area (Å²) in [6.45, 7) is 0.518. The van der Waals surface area contributed by atoms with Gasteiger partial charge in [-0.05, 0) is 29.3 Å². The van der Waals surface area contributed by atoms with Gasteiger partial charge in [-0.25, -0.2) is 0 Å². The molecule has 3 heteroatoms. The zero-order chi connectivity index (χ0) is 14.2. The van der Waals surface area contributed by atoms with E-state index in [0.717, 1.165) is 16.9 Å². The predicted molar refractivity (Wildman–Crippen MR) is 79.8 cm³/mol. The third kappa shape index (κ3) is 3.79. The van der Waals surface area contributed by atoms with E-state index in [2.05, 4.69) is 0 Å². The van der Waals surface area contributed by atoms with Gasteiger partial charge in [0.2, 0.25) is 0 Å². The van der Waals surface area contributed by atoms with Crippen molar-refractivity contribution < 1.29 is 14.2 Å². The molecular weight excluding hydrogens is 252 g/mol. The molecule has 0 fully saturated rings. The first-order valence-electron chi connectivity index (χ1n) is 6.37. The lowest BCUT2D eigenvalue weighted by molar-refractivity contribution is 0.284. The second kappa shape index (κ2) is 7.24. The molecule has 104 valence electrons. The molecule has 0 heterocycles. The topological polar surface area (TPSA) is 27.7 Å². The molecule has 0 spiro atoms. The van der Waals surface area contributed by atoms with Crippen LogP contribution in [-0.4, -0.2) is 14.2 Å². The highest BCUT2D eigenvalue weighted by Gasteiger charge is 2.05. The Balaban J connectivity index is 2.09. The number of hydrogen-bond donors (Lipinski definition) is 0. The zero-order valence-electron chi connectivity index (χ0n) is 11.7. The third-order valence-corrected chi connectivity index (χ3v) is 2.82. The second-order valence-electron chi connectivity index (χ2n) is 4.22. The molecule has 0 aliphatic rings. The summed E-state index contributed by atoms with van der Waals surface area (Å²) in [4.78, 5) is 0. The van der Waals surface area contributed by atoms with Gasteiger partial charge in [0.05, 0.1) is 20.5 Å². The van der Waals surface area contributed by atoms with E-state index in [1.165, 1.54) is 0 Å². The lowest BCUT2D eigenvalue weighted by Gasteiger charge is -2.11. The van der Waals surface area contributed by atoms with E-state index in [0.29, 0.717) is 12.4 Å². The van der Waals surface area contributed by atoms with Crippen LogP contribution >= 0.6 is 0 Å². The smallest absolute Gasteiger partial charge is 0.161 e. The number of ether oxygens (including phenoxy) is 3. The Morgan fingerprint density at radius 1 is 0.950 bits per heavy atom. The minimum absolute atomic E-state index is 0.518. The Kier molecular flexibility index (Phi) is 5.07. The molecule has 0 saturated heterocycles. The second-order valence-corrected chi connectivity index (χ2v) is 4.22.